The summed E-state index contributed by atoms with van der Waals surface area (Å²) in [5.74, 6) is -3.95. The van der Waals surface area contributed by atoms with E-state index in [1.807, 2.05) is 0 Å². The molecule has 0 aromatic rings. The third-order valence-corrected chi connectivity index (χ3v) is 9.76. The second kappa shape index (κ2) is 8.07. The van der Waals surface area contributed by atoms with Gasteiger partial charge < -0.3 is 25.2 Å². The number of Topliss-reactive ketones (excluding diaryl/α,β-unsaturated/α-hetero) is 1. The van der Waals surface area contributed by atoms with Gasteiger partial charge in [0.25, 0.3) is 0 Å². The standard InChI is InChI=1S/C26H35FO7/c1-14-11-18-17-8-7-15-12-16(28)9-10-23(15,2)25(17,27)20(30)13-24(18,3)26(14,34)22(33)19(29)5-4-6-21(31)32/h9-10,12,14,17-20,29-30,34H,4-8,11,13H2,1-3H3,(H,31,32)/p-1/t14-,17-,18-,19?,20-,23-,24-,25-,26-/m0/s1. The third-order valence-electron chi connectivity index (χ3n) is 9.76. The van der Waals surface area contributed by atoms with Crippen molar-refractivity contribution < 1.29 is 39.2 Å². The van der Waals surface area contributed by atoms with Crippen LogP contribution < -0.4 is 5.11 Å². The van der Waals surface area contributed by atoms with E-state index in [9.17, 15) is 34.8 Å². The van der Waals surface area contributed by atoms with Gasteiger partial charge >= 0.3 is 0 Å². The van der Waals surface area contributed by atoms with Crippen molar-refractivity contribution in [3.63, 3.8) is 0 Å². The quantitative estimate of drug-likeness (QED) is 0.523. The van der Waals surface area contributed by atoms with Crippen LogP contribution in [-0.4, -0.2) is 56.3 Å². The molecule has 3 fully saturated rings. The Morgan fingerprint density at radius 2 is 1.97 bits per heavy atom. The van der Waals surface area contributed by atoms with Crippen molar-refractivity contribution in [3.05, 3.63) is 23.8 Å². The zero-order valence-electron chi connectivity index (χ0n) is 19.9. The van der Waals surface area contributed by atoms with E-state index in [0.29, 0.717) is 24.8 Å². The lowest BCUT2D eigenvalue weighted by molar-refractivity contribution is -0.305. The van der Waals surface area contributed by atoms with E-state index in [2.05, 4.69) is 0 Å². The number of hydrogen-bond donors (Lipinski definition) is 3. The molecule has 7 nitrogen and oxygen atoms in total. The van der Waals surface area contributed by atoms with Crippen LogP contribution in [-0.2, 0) is 14.4 Å². The fourth-order valence-electron chi connectivity index (χ4n) is 7.90. The molecule has 9 atom stereocenters. The first-order valence-corrected chi connectivity index (χ1v) is 12.2. The summed E-state index contributed by atoms with van der Waals surface area (Å²) >= 11 is 0. The van der Waals surface area contributed by atoms with Crippen LogP contribution >= 0.6 is 0 Å². The molecular weight excluding hydrogens is 443 g/mol. The molecule has 0 heterocycles. The van der Waals surface area contributed by atoms with Crippen molar-refractivity contribution >= 4 is 17.5 Å². The summed E-state index contributed by atoms with van der Waals surface area (Å²) in [7, 11) is 0. The molecule has 0 radical (unpaired) electrons. The van der Waals surface area contributed by atoms with Crippen LogP contribution in [0.2, 0.25) is 0 Å². The maximum absolute atomic E-state index is 17.1. The lowest BCUT2D eigenvalue weighted by atomic mass is 9.44. The van der Waals surface area contributed by atoms with Crippen molar-refractivity contribution in [2.24, 2.45) is 28.6 Å². The Kier molecular flexibility index (Phi) is 5.98. The third kappa shape index (κ3) is 3.14. The molecule has 4 rings (SSSR count). The van der Waals surface area contributed by atoms with E-state index in [1.165, 1.54) is 12.2 Å². The van der Waals surface area contributed by atoms with Gasteiger partial charge in [-0.1, -0.05) is 25.5 Å². The topological polar surface area (TPSA) is 135 Å². The first-order valence-electron chi connectivity index (χ1n) is 12.2. The lowest BCUT2D eigenvalue weighted by Crippen LogP contribution is -2.69. The fraction of sp³-hybridized carbons (Fsp3) is 0.731. The van der Waals surface area contributed by atoms with Crippen molar-refractivity contribution in [2.45, 2.75) is 89.2 Å². The number of aliphatic carboxylic acids is 1. The van der Waals surface area contributed by atoms with Crippen molar-refractivity contribution in [3.8, 4) is 0 Å². The lowest BCUT2D eigenvalue weighted by Gasteiger charge is -2.62. The Hall–Kier alpha value is -1.90. The van der Waals surface area contributed by atoms with Crippen LogP contribution in [0.1, 0.15) is 65.7 Å². The van der Waals surface area contributed by atoms with Crippen molar-refractivity contribution in [2.75, 3.05) is 0 Å². The molecule has 1 unspecified atom stereocenters. The van der Waals surface area contributed by atoms with E-state index in [0.717, 1.165) is 0 Å². The molecule has 0 aromatic heterocycles. The monoisotopic (exact) mass is 477 g/mol. The summed E-state index contributed by atoms with van der Waals surface area (Å²) in [4.78, 5) is 36.0. The summed E-state index contributed by atoms with van der Waals surface area (Å²) in [5, 5.41) is 44.4. The molecule has 0 saturated heterocycles. The first kappa shape index (κ1) is 25.2. The van der Waals surface area contributed by atoms with Crippen LogP contribution in [0.3, 0.4) is 0 Å². The number of alkyl halides is 1. The summed E-state index contributed by atoms with van der Waals surface area (Å²) in [5.41, 5.74) is -5.75. The highest BCUT2D eigenvalue weighted by Crippen LogP contribution is 2.70. The zero-order chi connectivity index (χ0) is 25.3. The largest absolute Gasteiger partial charge is 0.550 e. The Balaban J connectivity index is 1.69. The van der Waals surface area contributed by atoms with Gasteiger partial charge in [0.1, 0.15) is 11.7 Å². The number of halogens is 1. The van der Waals surface area contributed by atoms with Crippen LogP contribution in [0.5, 0.6) is 0 Å². The van der Waals surface area contributed by atoms with E-state index in [1.54, 1.807) is 26.8 Å². The van der Waals surface area contributed by atoms with E-state index >= 15 is 4.39 Å². The number of carboxylic acids is 1. The average molecular weight is 478 g/mol. The first-order chi connectivity index (χ1) is 15.7. The minimum Gasteiger partial charge on any atom is -0.550 e. The van der Waals surface area contributed by atoms with E-state index in [4.69, 9.17) is 0 Å². The van der Waals surface area contributed by atoms with Crippen LogP contribution in [0.15, 0.2) is 23.8 Å². The fourth-order valence-corrected chi connectivity index (χ4v) is 7.90. The number of carbonyl (C=O) groups is 3. The van der Waals surface area contributed by atoms with Gasteiger partial charge in [-0.3, -0.25) is 9.59 Å². The van der Waals surface area contributed by atoms with E-state index < -0.39 is 63.8 Å². The minimum atomic E-state index is -2.07. The maximum atomic E-state index is 17.1. The molecule has 0 bridgehead atoms. The van der Waals surface area contributed by atoms with Crippen molar-refractivity contribution in [1.29, 1.82) is 0 Å². The number of fused-ring (bicyclic) bond motifs is 5. The molecule has 0 aliphatic heterocycles. The van der Waals surface area contributed by atoms with Gasteiger partial charge in [0.15, 0.2) is 17.2 Å². The van der Waals surface area contributed by atoms with Gasteiger partial charge in [0.2, 0.25) is 0 Å². The summed E-state index contributed by atoms with van der Waals surface area (Å²) in [6, 6.07) is 0. The second-order valence-corrected chi connectivity index (χ2v) is 11.3. The highest BCUT2D eigenvalue weighted by atomic mass is 19.1. The van der Waals surface area contributed by atoms with Crippen LogP contribution in [0.25, 0.3) is 0 Å². The number of hydrogen-bond acceptors (Lipinski definition) is 7. The molecule has 0 amide bonds. The van der Waals surface area contributed by atoms with Gasteiger partial charge in [-0.2, -0.15) is 0 Å². The summed E-state index contributed by atoms with van der Waals surface area (Å²) < 4.78 is 17.1. The summed E-state index contributed by atoms with van der Waals surface area (Å²) in [6.45, 7) is 5.11. The number of rotatable bonds is 6. The Morgan fingerprint density at radius 3 is 2.62 bits per heavy atom. The average Bonchev–Trinajstić information content (AvgIpc) is 2.96. The smallest absolute Gasteiger partial charge is 0.193 e. The molecule has 8 heteroatoms. The highest BCUT2D eigenvalue weighted by molar-refractivity contribution is 6.01. The SMILES string of the molecule is C[C@H]1C[C@H]2[C@@H]3CCC4=CC(=O)C=C[C@]4(C)[C@@]3(F)[C@@H](O)C[C@]2(C)[C@@]1(O)C(=O)C(O)CCCC(=O)[O-]. The molecule has 4 aliphatic rings. The van der Waals surface area contributed by atoms with Crippen molar-refractivity contribution in [1.82, 2.24) is 0 Å². The number of allylic oxidation sites excluding steroid dienone is 4. The number of aliphatic hydroxyl groups is 3. The Morgan fingerprint density at radius 1 is 1.29 bits per heavy atom. The predicted octanol–water partition coefficient (Wildman–Crippen LogP) is 1.18. The molecule has 4 aliphatic carbocycles. The molecule has 34 heavy (non-hydrogen) atoms. The highest BCUT2D eigenvalue weighted by Gasteiger charge is 2.75. The number of ketones is 2. The number of carboxylic acid groups (broad SMARTS) is 1. The number of aliphatic hydroxyl groups excluding tert-OH is 2. The zero-order valence-corrected chi connectivity index (χ0v) is 19.9. The normalized spacial score (nSPS) is 46.2. The molecule has 3 N–H and O–H groups in total. The minimum absolute atomic E-state index is 0.0250. The van der Waals surface area contributed by atoms with Gasteiger partial charge in [0.05, 0.1) is 6.10 Å². The van der Waals surface area contributed by atoms with E-state index in [-0.39, 0.29) is 31.5 Å². The van der Waals surface area contributed by atoms with Gasteiger partial charge in [-0.05, 0) is 75.9 Å². The second-order valence-electron chi connectivity index (χ2n) is 11.3. The molecule has 188 valence electrons. The Bertz CT molecular complexity index is 974. The maximum Gasteiger partial charge on any atom is 0.193 e. The van der Waals surface area contributed by atoms with Gasteiger partial charge in [0, 0.05) is 22.7 Å². The van der Waals surface area contributed by atoms with Crippen LogP contribution in [0, 0.1) is 28.6 Å². The Labute approximate surface area is 198 Å². The molecular formula is C26H34FO7-. The molecule has 0 spiro atoms. The van der Waals surface area contributed by atoms with Gasteiger partial charge in [-0.15, -0.1) is 0 Å². The summed E-state index contributed by atoms with van der Waals surface area (Å²) in [6.07, 6.45) is 1.91. The van der Waals surface area contributed by atoms with Gasteiger partial charge in [-0.25, -0.2) is 4.39 Å². The predicted molar refractivity (Wildman–Crippen MR) is 118 cm³/mol. The number of carbonyl (C=O) groups excluding carboxylic acids is 3. The molecule has 0 aromatic carbocycles. The van der Waals surface area contributed by atoms with Crippen LogP contribution in [0.4, 0.5) is 4.39 Å². The molecule has 3 saturated carbocycles.